The molecule has 1 atom stereocenters. The second kappa shape index (κ2) is 3.90. The molecule has 76 valence electrons. The van der Waals surface area contributed by atoms with Crippen molar-refractivity contribution in [3.8, 4) is 0 Å². The third-order valence-corrected chi connectivity index (χ3v) is 3.15. The van der Waals surface area contributed by atoms with Crippen LogP contribution in [0.5, 0.6) is 0 Å². The van der Waals surface area contributed by atoms with Crippen molar-refractivity contribution in [1.29, 1.82) is 0 Å². The van der Waals surface area contributed by atoms with Gasteiger partial charge in [0.2, 0.25) is 0 Å². The first kappa shape index (κ1) is 9.97. The third kappa shape index (κ3) is 1.37. The molecule has 0 amide bonds. The Bertz CT molecular complexity index is 435. The molecule has 2 rings (SSSR count). The van der Waals surface area contributed by atoms with Gasteiger partial charge >= 0.3 is 0 Å². The Morgan fingerprint density at radius 3 is 2.53 bits per heavy atom. The van der Waals surface area contributed by atoms with Crippen molar-refractivity contribution in [2.45, 2.75) is 19.3 Å². The zero-order chi connectivity index (χ0) is 10.8. The van der Waals surface area contributed by atoms with Crippen molar-refractivity contribution in [2.75, 3.05) is 0 Å². The zero-order valence-corrected chi connectivity index (χ0v) is 9.16. The van der Waals surface area contributed by atoms with Crippen molar-refractivity contribution in [3.05, 3.63) is 66.3 Å². The van der Waals surface area contributed by atoms with Crippen LogP contribution in [0, 0.1) is 0 Å². The van der Waals surface area contributed by atoms with Gasteiger partial charge in [-0.05, 0) is 28.7 Å². The van der Waals surface area contributed by atoms with Crippen molar-refractivity contribution in [2.24, 2.45) is 0 Å². The minimum absolute atomic E-state index is 0.506. The molecule has 0 heteroatoms. The average molecular weight is 196 g/mol. The molecule has 0 N–H and O–H groups in total. The van der Waals surface area contributed by atoms with Gasteiger partial charge in [0.25, 0.3) is 0 Å². The molecule has 0 aromatic heterocycles. The van der Waals surface area contributed by atoms with Crippen LogP contribution < -0.4 is 0 Å². The van der Waals surface area contributed by atoms with Gasteiger partial charge in [-0.3, -0.25) is 0 Å². The number of benzene rings is 1. The summed E-state index contributed by atoms with van der Waals surface area (Å²) in [6.45, 7) is 10.0. The van der Waals surface area contributed by atoms with E-state index in [0.29, 0.717) is 5.92 Å². The maximum Gasteiger partial charge on any atom is 0.00988 e. The fourth-order valence-corrected chi connectivity index (χ4v) is 2.48. The van der Waals surface area contributed by atoms with Gasteiger partial charge in [0.05, 0.1) is 0 Å². The molecule has 1 aliphatic carbocycles. The van der Waals surface area contributed by atoms with Gasteiger partial charge in [0.1, 0.15) is 0 Å². The predicted molar refractivity (Wildman–Crippen MR) is 66.8 cm³/mol. The van der Waals surface area contributed by atoms with Gasteiger partial charge in [-0.25, -0.2) is 0 Å². The zero-order valence-electron chi connectivity index (χ0n) is 9.16. The highest BCUT2D eigenvalue weighted by molar-refractivity contribution is 5.85. The highest BCUT2D eigenvalue weighted by Crippen LogP contribution is 2.44. The smallest absolute Gasteiger partial charge is 0.00988 e. The van der Waals surface area contributed by atoms with Gasteiger partial charge in [0.15, 0.2) is 0 Å². The lowest BCUT2D eigenvalue weighted by atomic mass is 9.93. The number of fused-ring (bicyclic) bond motifs is 1. The molecule has 0 bridgehead atoms. The minimum Gasteiger partial charge on any atom is -0.0987 e. The van der Waals surface area contributed by atoms with Gasteiger partial charge in [-0.2, -0.15) is 0 Å². The van der Waals surface area contributed by atoms with Crippen LogP contribution in [0.3, 0.4) is 0 Å². The van der Waals surface area contributed by atoms with Crippen molar-refractivity contribution < 1.29 is 0 Å². The van der Waals surface area contributed by atoms with Crippen LogP contribution in [0.25, 0.3) is 5.57 Å². The van der Waals surface area contributed by atoms with Crippen LogP contribution in [0.2, 0.25) is 0 Å². The number of rotatable bonds is 3. The lowest BCUT2D eigenvalue weighted by molar-refractivity contribution is 0.792. The predicted octanol–water partition coefficient (Wildman–Crippen LogP) is 4.32. The Kier molecular flexibility index (Phi) is 2.59. The topological polar surface area (TPSA) is 0 Å². The highest BCUT2D eigenvalue weighted by Gasteiger charge is 2.26. The average Bonchev–Trinajstić information content (AvgIpc) is 2.61. The van der Waals surface area contributed by atoms with Gasteiger partial charge in [0, 0.05) is 5.92 Å². The molecule has 0 spiro atoms. The van der Waals surface area contributed by atoms with Crippen LogP contribution >= 0.6 is 0 Å². The quantitative estimate of drug-likeness (QED) is 0.675. The molecule has 15 heavy (non-hydrogen) atoms. The van der Waals surface area contributed by atoms with E-state index in [4.69, 9.17) is 0 Å². The van der Waals surface area contributed by atoms with E-state index >= 15 is 0 Å². The van der Waals surface area contributed by atoms with Crippen molar-refractivity contribution in [1.82, 2.24) is 0 Å². The van der Waals surface area contributed by atoms with E-state index in [1.807, 2.05) is 12.2 Å². The molecule has 0 radical (unpaired) electrons. The Labute approximate surface area is 91.6 Å². The lowest BCUT2D eigenvalue weighted by Crippen LogP contribution is -1.94. The standard InChI is InChI=1S/C15H16/c1-4-11-12(5-2)14-9-7-8-10-15(14)13(11)6-3/h4-5,7-10,13H,1-2,6H2,3H3. The SMILES string of the molecule is C=CC1=C(C=C)C(CC)c2ccccc21. The van der Waals surface area contributed by atoms with Crippen LogP contribution in [-0.2, 0) is 0 Å². The van der Waals surface area contributed by atoms with Gasteiger partial charge in [-0.1, -0.05) is 56.5 Å². The maximum absolute atomic E-state index is 3.92. The van der Waals surface area contributed by atoms with E-state index in [1.165, 1.54) is 22.3 Å². The van der Waals surface area contributed by atoms with Crippen LogP contribution in [0.4, 0.5) is 0 Å². The fraction of sp³-hybridized carbons (Fsp3) is 0.200. The summed E-state index contributed by atoms with van der Waals surface area (Å²) >= 11 is 0. The molecule has 0 aliphatic heterocycles. The monoisotopic (exact) mass is 196 g/mol. The fourth-order valence-electron chi connectivity index (χ4n) is 2.48. The number of allylic oxidation sites excluding steroid dienone is 4. The molecule has 0 saturated heterocycles. The molecular weight excluding hydrogens is 180 g/mol. The summed E-state index contributed by atoms with van der Waals surface area (Å²) in [6.07, 6.45) is 5.05. The number of hydrogen-bond donors (Lipinski definition) is 0. The van der Waals surface area contributed by atoms with E-state index in [-0.39, 0.29) is 0 Å². The Hall–Kier alpha value is -1.56. The first-order valence-electron chi connectivity index (χ1n) is 5.41. The first-order chi connectivity index (χ1) is 7.33. The van der Waals surface area contributed by atoms with Gasteiger partial charge in [-0.15, -0.1) is 0 Å². The van der Waals surface area contributed by atoms with E-state index in [1.54, 1.807) is 0 Å². The summed E-state index contributed by atoms with van der Waals surface area (Å²) in [4.78, 5) is 0. The maximum atomic E-state index is 3.92. The Morgan fingerprint density at radius 1 is 1.20 bits per heavy atom. The summed E-state index contributed by atoms with van der Waals surface area (Å²) in [5, 5.41) is 0. The van der Waals surface area contributed by atoms with E-state index in [0.717, 1.165) is 6.42 Å². The van der Waals surface area contributed by atoms with Crippen LogP contribution in [-0.4, -0.2) is 0 Å². The normalized spacial score (nSPS) is 18.9. The molecule has 0 saturated carbocycles. The lowest BCUT2D eigenvalue weighted by Gasteiger charge is -2.10. The van der Waals surface area contributed by atoms with Crippen LogP contribution in [0.15, 0.2) is 55.1 Å². The van der Waals surface area contributed by atoms with Crippen molar-refractivity contribution in [3.63, 3.8) is 0 Å². The molecule has 0 fully saturated rings. The van der Waals surface area contributed by atoms with Crippen LogP contribution in [0.1, 0.15) is 30.4 Å². The second-order valence-electron chi connectivity index (χ2n) is 3.83. The summed E-state index contributed by atoms with van der Waals surface area (Å²) in [5.41, 5.74) is 5.33. The Balaban J connectivity index is 2.66. The number of hydrogen-bond acceptors (Lipinski definition) is 0. The van der Waals surface area contributed by atoms with E-state index in [2.05, 4.69) is 44.3 Å². The summed E-state index contributed by atoms with van der Waals surface area (Å²) in [6, 6.07) is 8.57. The van der Waals surface area contributed by atoms with Crippen molar-refractivity contribution >= 4 is 5.57 Å². The molecule has 0 nitrogen and oxygen atoms in total. The molecular formula is C15H16. The highest BCUT2D eigenvalue weighted by atomic mass is 14.3. The molecule has 1 aromatic rings. The van der Waals surface area contributed by atoms with E-state index in [9.17, 15) is 0 Å². The minimum atomic E-state index is 0.506. The Morgan fingerprint density at radius 2 is 1.93 bits per heavy atom. The largest absolute Gasteiger partial charge is 0.0987 e. The van der Waals surface area contributed by atoms with Gasteiger partial charge < -0.3 is 0 Å². The molecule has 1 aliphatic rings. The molecule has 1 aromatic carbocycles. The second-order valence-corrected chi connectivity index (χ2v) is 3.83. The summed E-state index contributed by atoms with van der Waals surface area (Å²) < 4.78 is 0. The summed E-state index contributed by atoms with van der Waals surface area (Å²) in [5.74, 6) is 0.506. The van der Waals surface area contributed by atoms with E-state index < -0.39 is 0 Å². The summed E-state index contributed by atoms with van der Waals surface area (Å²) in [7, 11) is 0. The molecule has 1 unspecified atom stereocenters. The molecule has 0 heterocycles. The third-order valence-electron chi connectivity index (χ3n) is 3.15. The first-order valence-corrected chi connectivity index (χ1v) is 5.41.